The van der Waals surface area contributed by atoms with E-state index in [1.54, 1.807) is 0 Å². The van der Waals surface area contributed by atoms with Gasteiger partial charge < -0.3 is 5.73 Å². The lowest BCUT2D eigenvalue weighted by atomic mass is 10.2. The molecule has 0 saturated carbocycles. The summed E-state index contributed by atoms with van der Waals surface area (Å²) < 4.78 is 3.68. The Labute approximate surface area is 129 Å². The fraction of sp³-hybridized carbons (Fsp3) is 0.357. The summed E-state index contributed by atoms with van der Waals surface area (Å²) in [6.07, 6.45) is 6.34. The Morgan fingerprint density at radius 2 is 2.16 bits per heavy atom. The Morgan fingerprint density at radius 1 is 1.37 bits per heavy atom. The predicted octanol–water partition coefficient (Wildman–Crippen LogP) is 4.37. The number of pyridine rings is 1. The molecule has 0 aliphatic carbocycles. The lowest BCUT2D eigenvalue weighted by Crippen LogP contribution is -1.94. The molecule has 0 aliphatic heterocycles. The van der Waals surface area contributed by atoms with Crippen molar-refractivity contribution in [3.8, 4) is 11.8 Å². The van der Waals surface area contributed by atoms with Crippen LogP contribution in [0.2, 0.25) is 0 Å². The molecule has 2 heterocycles. The molecular formula is C14H15Br2N3. The van der Waals surface area contributed by atoms with Crippen molar-refractivity contribution in [2.45, 2.75) is 32.6 Å². The second kappa shape index (κ2) is 6.44. The maximum absolute atomic E-state index is 6.07. The first-order valence-electron chi connectivity index (χ1n) is 6.25. The van der Waals surface area contributed by atoms with E-state index in [0.717, 1.165) is 27.4 Å². The van der Waals surface area contributed by atoms with Gasteiger partial charge in [0.2, 0.25) is 0 Å². The number of nitrogens with zero attached hydrogens (tertiary/aromatic N) is 2. The summed E-state index contributed by atoms with van der Waals surface area (Å²) in [7, 11) is 0. The molecule has 0 saturated heterocycles. The zero-order valence-corrected chi connectivity index (χ0v) is 13.9. The van der Waals surface area contributed by atoms with Crippen LogP contribution in [-0.4, -0.2) is 9.38 Å². The third-order valence-electron chi connectivity index (χ3n) is 2.79. The van der Waals surface area contributed by atoms with Gasteiger partial charge in [0.05, 0.1) is 4.47 Å². The minimum atomic E-state index is 0.583. The summed E-state index contributed by atoms with van der Waals surface area (Å²) in [6, 6.07) is 1.94. The van der Waals surface area contributed by atoms with Gasteiger partial charge >= 0.3 is 0 Å². The van der Waals surface area contributed by atoms with Gasteiger partial charge in [-0.25, -0.2) is 4.98 Å². The Kier molecular flexibility index (Phi) is 4.89. The monoisotopic (exact) mass is 383 g/mol. The number of anilines is 1. The van der Waals surface area contributed by atoms with Gasteiger partial charge in [0.1, 0.15) is 5.82 Å². The number of hydrogen-bond acceptors (Lipinski definition) is 2. The molecule has 5 heteroatoms. The molecule has 0 amide bonds. The first-order valence-corrected chi connectivity index (χ1v) is 7.83. The van der Waals surface area contributed by atoms with E-state index in [1.807, 2.05) is 16.7 Å². The number of fused-ring (bicyclic) bond motifs is 1. The van der Waals surface area contributed by atoms with Crippen LogP contribution in [-0.2, 0) is 0 Å². The van der Waals surface area contributed by atoms with Crippen LogP contribution in [0.5, 0.6) is 0 Å². The van der Waals surface area contributed by atoms with E-state index < -0.39 is 0 Å². The highest BCUT2D eigenvalue weighted by Gasteiger charge is 2.10. The highest BCUT2D eigenvalue weighted by atomic mass is 79.9. The van der Waals surface area contributed by atoms with Crippen LogP contribution in [0.3, 0.4) is 0 Å². The van der Waals surface area contributed by atoms with Crippen LogP contribution in [0.25, 0.3) is 5.65 Å². The number of nitrogens with two attached hydrogens (primary N) is 1. The van der Waals surface area contributed by atoms with E-state index in [2.05, 4.69) is 55.6 Å². The second-order valence-electron chi connectivity index (χ2n) is 4.30. The predicted molar refractivity (Wildman–Crippen MR) is 86.0 cm³/mol. The topological polar surface area (TPSA) is 43.3 Å². The smallest absolute Gasteiger partial charge is 0.156 e. The normalized spacial score (nSPS) is 10.5. The molecule has 0 unspecified atom stereocenters. The molecule has 0 atom stereocenters. The van der Waals surface area contributed by atoms with Crippen molar-refractivity contribution in [2.24, 2.45) is 0 Å². The third kappa shape index (κ3) is 3.31. The molecule has 0 spiro atoms. The molecule has 0 fully saturated rings. The standard InChI is InChI=1S/C14H15Br2N3/c1-2-3-4-5-6-7-12-13(17)19-9-10(15)8-11(16)14(19)18-12/h8-9H,2-5,17H2,1H3. The van der Waals surface area contributed by atoms with Crippen LogP contribution in [0.1, 0.15) is 38.3 Å². The maximum Gasteiger partial charge on any atom is 0.156 e. The van der Waals surface area contributed by atoms with Gasteiger partial charge in [-0.15, -0.1) is 0 Å². The van der Waals surface area contributed by atoms with E-state index in [9.17, 15) is 0 Å². The van der Waals surface area contributed by atoms with Crippen molar-refractivity contribution >= 4 is 43.3 Å². The molecular weight excluding hydrogens is 370 g/mol. The summed E-state index contributed by atoms with van der Waals surface area (Å²) in [5.74, 6) is 6.79. The largest absolute Gasteiger partial charge is 0.382 e. The van der Waals surface area contributed by atoms with Gasteiger partial charge in [-0.2, -0.15) is 0 Å². The van der Waals surface area contributed by atoms with Crippen LogP contribution >= 0.6 is 31.9 Å². The second-order valence-corrected chi connectivity index (χ2v) is 6.07. The summed E-state index contributed by atoms with van der Waals surface area (Å²) >= 11 is 6.92. The lowest BCUT2D eigenvalue weighted by molar-refractivity contribution is 0.737. The first-order chi connectivity index (χ1) is 9.13. The van der Waals surface area contributed by atoms with Gasteiger partial charge in [0.15, 0.2) is 11.3 Å². The van der Waals surface area contributed by atoms with Crippen molar-refractivity contribution in [2.75, 3.05) is 5.73 Å². The number of halogens is 2. The van der Waals surface area contributed by atoms with Crippen LogP contribution in [0.15, 0.2) is 21.2 Å². The van der Waals surface area contributed by atoms with Crippen molar-refractivity contribution in [3.05, 3.63) is 26.9 Å². The number of unbranched alkanes of at least 4 members (excludes halogenated alkanes) is 3. The minimum Gasteiger partial charge on any atom is -0.382 e. The molecule has 2 N–H and O–H groups in total. The molecule has 0 radical (unpaired) electrons. The van der Waals surface area contributed by atoms with Gasteiger partial charge in [-0.1, -0.05) is 25.7 Å². The summed E-state index contributed by atoms with van der Waals surface area (Å²) in [5, 5.41) is 0. The zero-order valence-electron chi connectivity index (χ0n) is 10.7. The van der Waals surface area contributed by atoms with E-state index >= 15 is 0 Å². The van der Waals surface area contributed by atoms with E-state index in [1.165, 1.54) is 12.8 Å². The van der Waals surface area contributed by atoms with Gasteiger partial charge in [0.25, 0.3) is 0 Å². The number of nitrogen functional groups attached to an aromatic ring is 1. The Bertz CT molecular complexity index is 650. The van der Waals surface area contributed by atoms with Crippen LogP contribution in [0, 0.1) is 11.8 Å². The molecule has 3 nitrogen and oxygen atoms in total. The summed E-state index contributed by atoms with van der Waals surface area (Å²) in [4.78, 5) is 4.47. The lowest BCUT2D eigenvalue weighted by Gasteiger charge is -1.99. The SMILES string of the molecule is CCCCCC#Cc1nc2c(Br)cc(Br)cn2c1N. The third-order valence-corrected chi connectivity index (χ3v) is 3.81. The molecule has 2 rings (SSSR count). The average Bonchev–Trinajstić information content (AvgIpc) is 2.68. The summed E-state index contributed by atoms with van der Waals surface area (Å²) in [6.45, 7) is 2.18. The number of aromatic nitrogens is 2. The molecule has 0 aromatic carbocycles. The van der Waals surface area contributed by atoms with Crippen LogP contribution < -0.4 is 5.73 Å². The minimum absolute atomic E-state index is 0.583. The molecule has 2 aromatic heterocycles. The molecule has 2 aromatic rings. The highest BCUT2D eigenvalue weighted by molar-refractivity contribution is 9.11. The number of hydrogen-bond donors (Lipinski definition) is 1. The van der Waals surface area contributed by atoms with Gasteiger partial charge in [-0.3, -0.25) is 4.40 Å². The maximum atomic E-state index is 6.07. The number of imidazole rings is 1. The number of rotatable bonds is 3. The van der Waals surface area contributed by atoms with Gasteiger partial charge in [0, 0.05) is 17.1 Å². The quantitative estimate of drug-likeness (QED) is 0.630. The fourth-order valence-corrected chi connectivity index (χ4v) is 3.06. The Balaban J connectivity index is 2.30. The highest BCUT2D eigenvalue weighted by Crippen LogP contribution is 2.25. The zero-order chi connectivity index (χ0) is 13.8. The molecule has 0 aliphatic rings. The molecule has 100 valence electrons. The van der Waals surface area contributed by atoms with Crippen molar-refractivity contribution in [3.63, 3.8) is 0 Å². The van der Waals surface area contributed by atoms with Crippen molar-refractivity contribution in [1.29, 1.82) is 0 Å². The van der Waals surface area contributed by atoms with Crippen molar-refractivity contribution in [1.82, 2.24) is 9.38 Å². The van der Waals surface area contributed by atoms with E-state index in [4.69, 9.17) is 5.73 Å². The first kappa shape index (κ1) is 14.4. The van der Waals surface area contributed by atoms with Crippen LogP contribution in [0.4, 0.5) is 5.82 Å². The summed E-state index contributed by atoms with van der Waals surface area (Å²) in [5.41, 5.74) is 7.51. The Hall–Kier alpha value is -0.990. The Morgan fingerprint density at radius 3 is 2.89 bits per heavy atom. The van der Waals surface area contributed by atoms with Crippen molar-refractivity contribution < 1.29 is 0 Å². The molecule has 19 heavy (non-hydrogen) atoms. The van der Waals surface area contributed by atoms with Gasteiger partial charge in [-0.05, 0) is 50.3 Å². The van der Waals surface area contributed by atoms with E-state index in [0.29, 0.717) is 11.5 Å². The van der Waals surface area contributed by atoms with E-state index in [-0.39, 0.29) is 0 Å². The molecule has 0 bridgehead atoms. The fourth-order valence-electron chi connectivity index (χ4n) is 1.79. The average molecular weight is 385 g/mol.